The van der Waals surface area contributed by atoms with E-state index in [1.165, 1.54) is 49.7 Å². The molecule has 0 amide bonds. The van der Waals surface area contributed by atoms with Crippen LogP contribution in [0.5, 0.6) is 0 Å². The van der Waals surface area contributed by atoms with Crippen molar-refractivity contribution in [2.75, 3.05) is 40.4 Å². The maximum absolute atomic E-state index is 5.34. The Morgan fingerprint density at radius 2 is 2.04 bits per heavy atom. The zero-order valence-corrected chi connectivity index (χ0v) is 16.8. The van der Waals surface area contributed by atoms with Gasteiger partial charge in [-0.2, -0.15) is 0 Å². The maximum Gasteiger partial charge on any atom is 0.193 e. The van der Waals surface area contributed by atoms with Gasteiger partial charge in [0, 0.05) is 45.1 Å². The second kappa shape index (κ2) is 8.90. The molecule has 1 saturated heterocycles. The van der Waals surface area contributed by atoms with E-state index in [0.717, 1.165) is 32.2 Å². The zero-order chi connectivity index (χ0) is 18.4. The van der Waals surface area contributed by atoms with Crippen LogP contribution < -0.4 is 5.32 Å². The summed E-state index contributed by atoms with van der Waals surface area (Å²) >= 11 is 0. The summed E-state index contributed by atoms with van der Waals surface area (Å²) in [4.78, 5) is 6.99. The molecule has 0 spiro atoms. The second-order valence-corrected chi connectivity index (χ2v) is 8.11. The molecule has 2 fully saturated rings. The lowest BCUT2D eigenvalue weighted by Crippen LogP contribution is -2.48. The van der Waals surface area contributed by atoms with Crippen molar-refractivity contribution in [1.29, 1.82) is 0 Å². The van der Waals surface area contributed by atoms with Crippen molar-refractivity contribution in [2.45, 2.75) is 50.9 Å². The standard InChI is InChI=1S/C22H35N3O/c1-18-9-5-6-10-20(18)22(12-7-4-8-13-22)17-24-21(23-2)25-14-11-19(15-25)16-26-3/h5-6,9-10,19H,4,7-8,11-17H2,1-3H3,(H,23,24). The molecule has 0 radical (unpaired) electrons. The van der Waals surface area contributed by atoms with Crippen molar-refractivity contribution in [1.82, 2.24) is 10.2 Å². The van der Waals surface area contributed by atoms with E-state index in [0.29, 0.717) is 5.92 Å². The second-order valence-electron chi connectivity index (χ2n) is 8.11. The first-order chi connectivity index (χ1) is 12.7. The third-order valence-corrected chi connectivity index (χ3v) is 6.31. The number of hydrogen-bond donors (Lipinski definition) is 1. The fourth-order valence-electron chi connectivity index (χ4n) is 4.92. The Labute approximate surface area is 159 Å². The number of ether oxygens (including phenoxy) is 1. The van der Waals surface area contributed by atoms with Gasteiger partial charge in [0.25, 0.3) is 0 Å². The molecule has 1 unspecified atom stereocenters. The van der Waals surface area contributed by atoms with Crippen LogP contribution in [-0.2, 0) is 10.2 Å². The Morgan fingerprint density at radius 3 is 2.73 bits per heavy atom. The van der Waals surface area contributed by atoms with E-state index in [1.807, 2.05) is 7.05 Å². The molecule has 1 aromatic rings. The topological polar surface area (TPSA) is 36.9 Å². The summed E-state index contributed by atoms with van der Waals surface area (Å²) in [5, 5.41) is 3.75. The quantitative estimate of drug-likeness (QED) is 0.644. The van der Waals surface area contributed by atoms with Crippen LogP contribution >= 0.6 is 0 Å². The predicted octanol–water partition coefficient (Wildman–Crippen LogP) is 3.74. The first kappa shape index (κ1) is 19.2. The third kappa shape index (κ3) is 4.22. The summed E-state index contributed by atoms with van der Waals surface area (Å²) < 4.78 is 5.34. The van der Waals surface area contributed by atoms with E-state index in [-0.39, 0.29) is 5.41 Å². The fourth-order valence-corrected chi connectivity index (χ4v) is 4.92. The van der Waals surface area contributed by atoms with Crippen molar-refractivity contribution >= 4 is 5.96 Å². The number of hydrogen-bond acceptors (Lipinski definition) is 2. The van der Waals surface area contributed by atoms with Gasteiger partial charge in [-0.05, 0) is 37.3 Å². The molecule has 4 heteroatoms. The molecule has 1 aromatic carbocycles. The first-order valence-corrected chi connectivity index (χ1v) is 10.2. The highest BCUT2D eigenvalue weighted by molar-refractivity contribution is 5.80. The number of guanidine groups is 1. The third-order valence-electron chi connectivity index (χ3n) is 6.31. The van der Waals surface area contributed by atoms with E-state index in [2.05, 4.69) is 46.4 Å². The van der Waals surface area contributed by atoms with Crippen LogP contribution in [0, 0.1) is 12.8 Å². The van der Waals surface area contributed by atoms with Gasteiger partial charge in [0.1, 0.15) is 0 Å². The van der Waals surface area contributed by atoms with Crippen LogP contribution in [0.4, 0.5) is 0 Å². The molecule has 1 saturated carbocycles. The Kier molecular flexibility index (Phi) is 6.58. The minimum Gasteiger partial charge on any atom is -0.384 e. The van der Waals surface area contributed by atoms with Crippen LogP contribution in [0.25, 0.3) is 0 Å². The van der Waals surface area contributed by atoms with Gasteiger partial charge >= 0.3 is 0 Å². The predicted molar refractivity (Wildman–Crippen MR) is 109 cm³/mol. The summed E-state index contributed by atoms with van der Waals surface area (Å²) in [5.74, 6) is 1.68. The van der Waals surface area contributed by atoms with E-state index in [9.17, 15) is 0 Å². The molecule has 144 valence electrons. The van der Waals surface area contributed by atoms with Crippen LogP contribution in [0.15, 0.2) is 29.3 Å². The lowest BCUT2D eigenvalue weighted by atomic mass is 9.68. The van der Waals surface area contributed by atoms with Crippen molar-refractivity contribution in [3.05, 3.63) is 35.4 Å². The molecule has 1 N–H and O–H groups in total. The van der Waals surface area contributed by atoms with Gasteiger partial charge in [0.05, 0.1) is 6.61 Å². The molecule has 2 aliphatic rings. The number of nitrogens with one attached hydrogen (secondary N) is 1. The van der Waals surface area contributed by atoms with Gasteiger partial charge in [-0.3, -0.25) is 4.99 Å². The van der Waals surface area contributed by atoms with E-state index in [1.54, 1.807) is 7.11 Å². The normalized spacial score (nSPS) is 23.3. The molecule has 1 heterocycles. The number of benzene rings is 1. The average molecular weight is 358 g/mol. The van der Waals surface area contributed by atoms with Crippen molar-refractivity contribution in [3.63, 3.8) is 0 Å². The smallest absolute Gasteiger partial charge is 0.193 e. The summed E-state index contributed by atoms with van der Waals surface area (Å²) in [6.07, 6.45) is 7.76. The number of nitrogens with zero attached hydrogens (tertiary/aromatic N) is 2. The highest BCUT2D eigenvalue weighted by Gasteiger charge is 2.35. The summed E-state index contributed by atoms with van der Waals surface area (Å²) in [7, 11) is 3.71. The van der Waals surface area contributed by atoms with Crippen molar-refractivity contribution < 1.29 is 4.74 Å². The van der Waals surface area contributed by atoms with Crippen LogP contribution in [0.3, 0.4) is 0 Å². The Balaban J connectivity index is 1.71. The molecule has 0 bridgehead atoms. The molecule has 4 nitrogen and oxygen atoms in total. The van der Waals surface area contributed by atoms with E-state index >= 15 is 0 Å². The molecule has 1 aliphatic carbocycles. The molecule has 1 aliphatic heterocycles. The highest BCUT2D eigenvalue weighted by Crippen LogP contribution is 2.40. The number of aryl methyl sites for hydroxylation is 1. The SMILES string of the molecule is CN=C(NCC1(c2ccccc2C)CCCCC1)N1CCC(COC)C1. The van der Waals surface area contributed by atoms with Crippen molar-refractivity contribution in [3.8, 4) is 0 Å². The van der Waals surface area contributed by atoms with Gasteiger partial charge in [0.2, 0.25) is 0 Å². The summed E-state index contributed by atoms with van der Waals surface area (Å²) in [6.45, 7) is 6.21. The van der Waals surface area contributed by atoms with Crippen LogP contribution in [-0.4, -0.2) is 51.3 Å². The largest absolute Gasteiger partial charge is 0.384 e. The average Bonchev–Trinajstić information content (AvgIpc) is 3.12. The van der Waals surface area contributed by atoms with Gasteiger partial charge in [-0.15, -0.1) is 0 Å². The van der Waals surface area contributed by atoms with E-state index in [4.69, 9.17) is 4.74 Å². The monoisotopic (exact) mass is 357 g/mol. The van der Waals surface area contributed by atoms with Crippen molar-refractivity contribution in [2.24, 2.45) is 10.9 Å². The Bertz CT molecular complexity index is 607. The Hall–Kier alpha value is -1.55. The Morgan fingerprint density at radius 1 is 1.27 bits per heavy atom. The molecular formula is C22H35N3O. The highest BCUT2D eigenvalue weighted by atomic mass is 16.5. The minimum atomic E-state index is 0.241. The zero-order valence-electron chi connectivity index (χ0n) is 16.8. The molecular weight excluding hydrogens is 322 g/mol. The lowest BCUT2D eigenvalue weighted by molar-refractivity contribution is 0.157. The molecule has 0 aromatic heterocycles. The van der Waals surface area contributed by atoms with Gasteiger partial charge in [0.15, 0.2) is 5.96 Å². The lowest BCUT2D eigenvalue weighted by Gasteiger charge is -2.40. The van der Waals surface area contributed by atoms with Crippen LogP contribution in [0.2, 0.25) is 0 Å². The minimum absolute atomic E-state index is 0.241. The van der Waals surface area contributed by atoms with Gasteiger partial charge in [-0.1, -0.05) is 43.5 Å². The van der Waals surface area contributed by atoms with E-state index < -0.39 is 0 Å². The van der Waals surface area contributed by atoms with Gasteiger partial charge < -0.3 is 15.0 Å². The molecule has 26 heavy (non-hydrogen) atoms. The first-order valence-electron chi connectivity index (χ1n) is 10.2. The summed E-state index contributed by atoms with van der Waals surface area (Å²) in [6, 6.07) is 8.96. The number of rotatable bonds is 5. The number of aliphatic imine (C=N–C) groups is 1. The fraction of sp³-hybridized carbons (Fsp3) is 0.682. The summed E-state index contributed by atoms with van der Waals surface area (Å²) in [5.41, 5.74) is 3.19. The van der Waals surface area contributed by atoms with Gasteiger partial charge in [-0.25, -0.2) is 0 Å². The number of likely N-dealkylation sites (tertiary alicyclic amines) is 1. The van der Waals surface area contributed by atoms with Crippen LogP contribution in [0.1, 0.15) is 49.7 Å². The number of methoxy groups -OCH3 is 1. The molecule has 3 rings (SSSR count). The maximum atomic E-state index is 5.34. The molecule has 1 atom stereocenters.